The molecular weight excluding hydrogens is 478 g/mol. The highest BCUT2D eigenvalue weighted by molar-refractivity contribution is 5.84. The van der Waals surface area contributed by atoms with Crippen LogP contribution in [0.2, 0.25) is 0 Å². The van der Waals surface area contributed by atoms with Crippen LogP contribution in [0.25, 0.3) is 0 Å². The number of carbonyl (C=O) groups is 4. The number of carboxylic acid groups (broad SMARTS) is 2. The second kappa shape index (κ2) is 25.6. The van der Waals surface area contributed by atoms with Gasteiger partial charge in [-0.25, -0.2) is 0 Å². The highest BCUT2D eigenvalue weighted by atomic mass is 16.5. The van der Waals surface area contributed by atoms with Crippen molar-refractivity contribution in [1.29, 1.82) is 0 Å². The van der Waals surface area contributed by atoms with Gasteiger partial charge in [0.15, 0.2) is 0 Å². The molecule has 0 aliphatic heterocycles. The summed E-state index contributed by atoms with van der Waals surface area (Å²) in [6.07, 6.45) is 13.8. The number of hydrogen-bond acceptors (Lipinski definition) is 6. The fourth-order valence-corrected chi connectivity index (χ4v) is 4.08. The Morgan fingerprint density at radius 1 is 0.676 bits per heavy atom. The van der Waals surface area contributed by atoms with Gasteiger partial charge in [0.1, 0.15) is 5.78 Å². The number of carbonyl (C=O) groups excluding carboxylic acids is 2. The van der Waals surface area contributed by atoms with Crippen LogP contribution in [0.4, 0.5) is 0 Å². The van der Waals surface area contributed by atoms with Gasteiger partial charge >= 0.3 is 11.9 Å². The highest BCUT2D eigenvalue weighted by Gasteiger charge is 2.22. The molecule has 0 radical (unpaired) electrons. The van der Waals surface area contributed by atoms with E-state index in [1.807, 2.05) is 6.92 Å². The first-order chi connectivity index (χ1) is 17.9. The maximum absolute atomic E-state index is 12.2. The van der Waals surface area contributed by atoms with Crippen LogP contribution in [-0.4, -0.2) is 66.8 Å². The Balaban J connectivity index is 3.68. The van der Waals surface area contributed by atoms with E-state index in [1.54, 1.807) is 0 Å². The molecule has 0 fully saturated rings. The molecule has 3 N–H and O–H groups in total. The molecular formula is C28H51NO8. The molecule has 0 aromatic rings. The zero-order valence-electron chi connectivity index (χ0n) is 23.0. The molecule has 0 saturated heterocycles. The predicted molar refractivity (Wildman–Crippen MR) is 143 cm³/mol. The van der Waals surface area contributed by atoms with Crippen LogP contribution in [-0.2, 0) is 28.7 Å². The second-order valence-corrected chi connectivity index (χ2v) is 9.61. The van der Waals surface area contributed by atoms with Gasteiger partial charge in [0.25, 0.3) is 0 Å². The molecule has 216 valence electrons. The van der Waals surface area contributed by atoms with Crippen LogP contribution in [0.1, 0.15) is 116 Å². The summed E-state index contributed by atoms with van der Waals surface area (Å²) >= 11 is 0. The van der Waals surface area contributed by atoms with Crippen molar-refractivity contribution in [2.75, 3.05) is 33.0 Å². The number of ether oxygens (including phenoxy) is 2. The van der Waals surface area contributed by atoms with Gasteiger partial charge in [-0.3, -0.25) is 19.2 Å². The Morgan fingerprint density at radius 2 is 1.19 bits per heavy atom. The van der Waals surface area contributed by atoms with E-state index < -0.39 is 17.9 Å². The Hall–Kier alpha value is -2.00. The third-order valence-corrected chi connectivity index (χ3v) is 6.28. The van der Waals surface area contributed by atoms with Crippen molar-refractivity contribution in [1.82, 2.24) is 5.32 Å². The number of nitrogens with one attached hydrogen (secondary N) is 1. The molecule has 0 heterocycles. The molecule has 1 atom stereocenters. The van der Waals surface area contributed by atoms with Gasteiger partial charge in [-0.15, -0.1) is 0 Å². The molecule has 0 bridgehead atoms. The summed E-state index contributed by atoms with van der Waals surface area (Å²) in [4.78, 5) is 46.1. The van der Waals surface area contributed by atoms with Crippen LogP contribution in [0, 0.1) is 5.92 Å². The second-order valence-electron chi connectivity index (χ2n) is 9.61. The Kier molecular flexibility index (Phi) is 24.3. The highest BCUT2D eigenvalue weighted by Crippen LogP contribution is 2.16. The topological polar surface area (TPSA) is 139 Å². The van der Waals surface area contributed by atoms with Crippen molar-refractivity contribution in [3.63, 3.8) is 0 Å². The van der Waals surface area contributed by atoms with Gasteiger partial charge in [0.05, 0.1) is 25.7 Å². The summed E-state index contributed by atoms with van der Waals surface area (Å²) in [6.45, 7) is 4.25. The molecule has 0 rings (SSSR count). The van der Waals surface area contributed by atoms with Crippen LogP contribution in [0.5, 0.6) is 0 Å². The molecule has 0 aliphatic rings. The smallest absolute Gasteiger partial charge is 0.306 e. The fourth-order valence-electron chi connectivity index (χ4n) is 4.08. The molecule has 0 aromatic carbocycles. The number of unbranched alkanes of at least 4 members (excludes halogenated alkanes) is 11. The largest absolute Gasteiger partial charge is 0.481 e. The van der Waals surface area contributed by atoms with Crippen LogP contribution >= 0.6 is 0 Å². The lowest BCUT2D eigenvalue weighted by Gasteiger charge is -2.12. The standard InChI is InChI=1S/C28H51NO8/c1-2-36-21-22-37-20-19-29-26(31)18-17-24(28(34)35)23-25(30)15-13-11-9-7-5-3-4-6-8-10-12-14-16-27(32)33/h24H,2-23H2,1H3,(H,29,31)(H,32,33)(H,34,35)/t24-/m1/s1. The number of Topliss-reactive ketones (excluding diaryl/α,β-unsaturated/α-hetero) is 1. The molecule has 0 saturated carbocycles. The van der Waals surface area contributed by atoms with E-state index in [-0.39, 0.29) is 37.4 Å². The van der Waals surface area contributed by atoms with Gasteiger partial charge in [0, 0.05) is 38.8 Å². The molecule has 0 aliphatic carbocycles. The number of carboxylic acids is 2. The Morgan fingerprint density at radius 3 is 1.70 bits per heavy atom. The van der Waals surface area contributed by atoms with Crippen LogP contribution < -0.4 is 5.32 Å². The van der Waals surface area contributed by atoms with E-state index in [2.05, 4.69) is 5.32 Å². The van der Waals surface area contributed by atoms with E-state index in [0.717, 1.165) is 44.9 Å². The summed E-state index contributed by atoms with van der Waals surface area (Å²) in [5.74, 6) is -2.84. The molecule has 1 amide bonds. The summed E-state index contributed by atoms with van der Waals surface area (Å²) < 4.78 is 10.5. The van der Waals surface area contributed by atoms with Gasteiger partial charge in [-0.05, 0) is 26.2 Å². The van der Waals surface area contributed by atoms with Gasteiger partial charge in [0.2, 0.25) is 5.91 Å². The summed E-state index contributed by atoms with van der Waals surface area (Å²) in [5.41, 5.74) is 0. The van der Waals surface area contributed by atoms with E-state index >= 15 is 0 Å². The SMILES string of the molecule is CCOCCOCCNC(=O)CC[C@H](CC(=O)CCCCCCCCCCCCCCC(=O)O)C(=O)O. The number of aliphatic carboxylic acids is 2. The number of ketones is 1. The van der Waals surface area contributed by atoms with E-state index in [4.69, 9.17) is 14.6 Å². The molecule has 0 aromatic heterocycles. The van der Waals surface area contributed by atoms with E-state index in [1.165, 1.54) is 32.1 Å². The summed E-state index contributed by atoms with van der Waals surface area (Å²) in [7, 11) is 0. The van der Waals surface area contributed by atoms with Crippen molar-refractivity contribution in [3.05, 3.63) is 0 Å². The average Bonchev–Trinajstić information content (AvgIpc) is 2.85. The first-order valence-corrected chi connectivity index (χ1v) is 14.2. The summed E-state index contributed by atoms with van der Waals surface area (Å²) in [5, 5.41) is 20.7. The average molecular weight is 530 g/mol. The van der Waals surface area contributed by atoms with Gasteiger partial charge in [-0.2, -0.15) is 0 Å². The Bertz CT molecular complexity index is 611. The lowest BCUT2D eigenvalue weighted by molar-refractivity contribution is -0.144. The third kappa shape index (κ3) is 25.4. The van der Waals surface area contributed by atoms with Crippen molar-refractivity contribution in [3.8, 4) is 0 Å². The minimum absolute atomic E-state index is 0.0144. The van der Waals surface area contributed by atoms with E-state index in [0.29, 0.717) is 39.4 Å². The quantitative estimate of drug-likeness (QED) is 0.118. The van der Waals surface area contributed by atoms with Crippen molar-refractivity contribution >= 4 is 23.6 Å². The van der Waals surface area contributed by atoms with Gasteiger partial charge < -0.3 is 25.0 Å². The van der Waals surface area contributed by atoms with Gasteiger partial charge in [-0.1, -0.05) is 64.2 Å². The molecule has 37 heavy (non-hydrogen) atoms. The molecule has 0 spiro atoms. The van der Waals surface area contributed by atoms with Crippen molar-refractivity contribution < 1.29 is 38.9 Å². The zero-order chi connectivity index (χ0) is 27.6. The third-order valence-electron chi connectivity index (χ3n) is 6.28. The molecule has 0 unspecified atom stereocenters. The van der Waals surface area contributed by atoms with Crippen molar-refractivity contribution in [2.45, 2.75) is 116 Å². The monoisotopic (exact) mass is 529 g/mol. The zero-order valence-corrected chi connectivity index (χ0v) is 23.0. The van der Waals surface area contributed by atoms with Crippen molar-refractivity contribution in [2.24, 2.45) is 5.92 Å². The lowest BCUT2D eigenvalue weighted by Crippen LogP contribution is -2.29. The number of hydrogen-bond donors (Lipinski definition) is 3. The van der Waals surface area contributed by atoms with Crippen LogP contribution in [0.15, 0.2) is 0 Å². The van der Waals surface area contributed by atoms with E-state index in [9.17, 15) is 24.3 Å². The predicted octanol–water partition coefficient (Wildman–Crippen LogP) is 5.14. The number of amides is 1. The minimum Gasteiger partial charge on any atom is -0.481 e. The maximum atomic E-state index is 12.2. The lowest BCUT2D eigenvalue weighted by atomic mass is 9.94. The molecule has 9 heteroatoms. The summed E-state index contributed by atoms with van der Waals surface area (Å²) in [6, 6.07) is 0. The Labute approximate surface area is 223 Å². The normalized spacial score (nSPS) is 11.8. The minimum atomic E-state index is -1.03. The fraction of sp³-hybridized carbons (Fsp3) is 0.857. The maximum Gasteiger partial charge on any atom is 0.306 e. The first kappa shape index (κ1) is 35.0. The van der Waals surface area contributed by atoms with Crippen LogP contribution in [0.3, 0.4) is 0 Å². The molecule has 9 nitrogen and oxygen atoms in total. The first-order valence-electron chi connectivity index (χ1n) is 14.2. The number of rotatable bonds is 28.